The summed E-state index contributed by atoms with van der Waals surface area (Å²) < 4.78 is 26.7. The zero-order valence-electron chi connectivity index (χ0n) is 19.9. The number of aromatic nitrogens is 4. The Labute approximate surface area is 205 Å². The molecule has 12 heteroatoms. The van der Waals surface area contributed by atoms with E-state index in [1.54, 1.807) is 40.6 Å². The maximum Gasteiger partial charge on any atom is 0.409 e. The summed E-state index contributed by atoms with van der Waals surface area (Å²) in [6.07, 6.45) is 2.81. The Balaban J connectivity index is 1.37. The smallest absolute Gasteiger partial charge is 0.409 e. The summed E-state index contributed by atoms with van der Waals surface area (Å²) in [6, 6.07) is 8.44. The summed E-state index contributed by atoms with van der Waals surface area (Å²) in [5, 5.41) is 6.78. The van der Waals surface area contributed by atoms with Gasteiger partial charge in [0.15, 0.2) is 0 Å². The maximum absolute atomic E-state index is 14.8. The average molecular weight is 493 g/mol. The predicted octanol–water partition coefficient (Wildman–Crippen LogP) is 3.36. The number of nitrogens with one attached hydrogen (secondary N) is 1. The fourth-order valence-electron chi connectivity index (χ4n) is 4.21. The van der Waals surface area contributed by atoms with Gasteiger partial charge in [0, 0.05) is 48.7 Å². The number of anilines is 2. The molecule has 0 aliphatic carbocycles. The Hall–Kier alpha value is -4.48. The Bertz CT molecular complexity index is 1450. The fourth-order valence-corrected chi connectivity index (χ4v) is 4.21. The molecule has 1 aliphatic rings. The largest absolute Gasteiger partial charge is 0.453 e. The number of hydrogen-bond acceptors (Lipinski definition) is 8. The van der Waals surface area contributed by atoms with Crippen LogP contribution in [0.4, 0.5) is 20.9 Å². The number of rotatable bonds is 4. The lowest BCUT2D eigenvalue weighted by Crippen LogP contribution is -2.54. The van der Waals surface area contributed by atoms with E-state index in [9.17, 15) is 14.0 Å². The van der Waals surface area contributed by atoms with E-state index in [4.69, 9.17) is 9.26 Å². The second kappa shape index (κ2) is 9.29. The van der Waals surface area contributed by atoms with Gasteiger partial charge in [-0.3, -0.25) is 9.20 Å². The van der Waals surface area contributed by atoms with Gasteiger partial charge >= 0.3 is 12.1 Å². The first-order valence-corrected chi connectivity index (χ1v) is 11.3. The molecular formula is C24H24FN7O4. The summed E-state index contributed by atoms with van der Waals surface area (Å²) in [6.45, 7) is 4.86. The number of fused-ring (bicyclic) bond motifs is 1. The zero-order valence-corrected chi connectivity index (χ0v) is 19.9. The van der Waals surface area contributed by atoms with Crippen molar-refractivity contribution in [1.29, 1.82) is 0 Å². The number of imidazole rings is 1. The number of methoxy groups -OCH3 is 1. The molecule has 0 bridgehead atoms. The highest BCUT2D eigenvalue weighted by molar-refractivity contribution is 6.04. The molecule has 1 atom stereocenters. The van der Waals surface area contributed by atoms with Crippen molar-refractivity contribution in [3.8, 4) is 11.4 Å². The zero-order chi connectivity index (χ0) is 25.4. The van der Waals surface area contributed by atoms with Crippen LogP contribution in [0.2, 0.25) is 0 Å². The van der Waals surface area contributed by atoms with Crippen molar-refractivity contribution >= 4 is 29.3 Å². The van der Waals surface area contributed by atoms with Gasteiger partial charge in [-0.05, 0) is 38.1 Å². The first-order chi connectivity index (χ1) is 17.4. The van der Waals surface area contributed by atoms with E-state index in [1.165, 1.54) is 19.4 Å². The molecule has 1 saturated heterocycles. The van der Waals surface area contributed by atoms with E-state index < -0.39 is 11.7 Å². The van der Waals surface area contributed by atoms with Crippen LogP contribution in [-0.2, 0) is 4.74 Å². The molecule has 0 saturated carbocycles. The molecule has 0 radical (unpaired) electrons. The van der Waals surface area contributed by atoms with Crippen LogP contribution in [-0.4, -0.2) is 69.2 Å². The van der Waals surface area contributed by atoms with Crippen LogP contribution in [0, 0.1) is 12.7 Å². The average Bonchev–Trinajstić information content (AvgIpc) is 3.54. The second-order valence-corrected chi connectivity index (χ2v) is 8.52. The molecule has 11 nitrogen and oxygen atoms in total. The van der Waals surface area contributed by atoms with Gasteiger partial charge in [-0.2, -0.15) is 4.98 Å². The predicted molar refractivity (Wildman–Crippen MR) is 128 cm³/mol. The number of piperazine rings is 1. The molecule has 186 valence electrons. The van der Waals surface area contributed by atoms with Crippen LogP contribution in [0.25, 0.3) is 17.0 Å². The minimum absolute atomic E-state index is 0.125. The maximum atomic E-state index is 14.8. The van der Waals surface area contributed by atoms with E-state index in [1.807, 2.05) is 17.9 Å². The lowest BCUT2D eigenvalue weighted by Gasteiger charge is -2.37. The van der Waals surface area contributed by atoms with Crippen LogP contribution in [0.15, 0.2) is 47.2 Å². The number of ether oxygens (including phenoxy) is 1. The molecule has 1 fully saturated rings. The molecule has 4 aromatic rings. The van der Waals surface area contributed by atoms with Gasteiger partial charge in [-0.1, -0.05) is 11.2 Å². The van der Waals surface area contributed by atoms with E-state index in [0.717, 1.165) is 0 Å². The van der Waals surface area contributed by atoms with Crippen LogP contribution in [0.1, 0.15) is 23.0 Å². The Morgan fingerprint density at radius 3 is 2.86 bits per heavy atom. The Morgan fingerprint density at radius 1 is 1.25 bits per heavy atom. The Kier molecular flexibility index (Phi) is 6.00. The van der Waals surface area contributed by atoms with Gasteiger partial charge in [-0.15, -0.1) is 0 Å². The monoisotopic (exact) mass is 493 g/mol. The summed E-state index contributed by atoms with van der Waals surface area (Å²) in [5.41, 5.74) is 1.85. The van der Waals surface area contributed by atoms with E-state index >= 15 is 0 Å². The number of hydrogen-bond donors (Lipinski definition) is 1. The molecule has 1 aliphatic heterocycles. The SMILES string of the molecule is COC(=O)N1CCN(c2nc(-c3cc(F)c(C)c(NC(=O)c4cnc5ccccn45)c3)no2)CC1C. The van der Waals surface area contributed by atoms with Crippen LogP contribution in [0.5, 0.6) is 0 Å². The number of carbonyl (C=O) groups excluding carboxylic acids is 2. The molecule has 5 rings (SSSR count). The third-order valence-electron chi connectivity index (χ3n) is 6.22. The molecular weight excluding hydrogens is 469 g/mol. The van der Waals surface area contributed by atoms with Gasteiger partial charge in [0.1, 0.15) is 17.2 Å². The third kappa shape index (κ3) is 4.21. The van der Waals surface area contributed by atoms with Crippen LogP contribution < -0.4 is 10.2 Å². The van der Waals surface area contributed by atoms with E-state index in [0.29, 0.717) is 36.5 Å². The number of carbonyl (C=O) groups is 2. The van der Waals surface area contributed by atoms with Gasteiger partial charge < -0.3 is 24.4 Å². The van der Waals surface area contributed by atoms with Crippen molar-refractivity contribution in [3.05, 3.63) is 59.8 Å². The molecule has 3 aromatic heterocycles. The highest BCUT2D eigenvalue weighted by Gasteiger charge is 2.30. The highest BCUT2D eigenvalue weighted by Crippen LogP contribution is 2.29. The molecule has 0 spiro atoms. The normalized spacial score (nSPS) is 15.8. The summed E-state index contributed by atoms with van der Waals surface area (Å²) in [7, 11) is 1.35. The molecule has 1 aromatic carbocycles. The van der Waals surface area contributed by atoms with E-state index in [-0.39, 0.29) is 35.2 Å². The van der Waals surface area contributed by atoms with Crippen molar-refractivity contribution in [2.24, 2.45) is 0 Å². The van der Waals surface area contributed by atoms with Gasteiger partial charge in [0.05, 0.1) is 13.3 Å². The standard InChI is InChI=1S/C24H24FN7O4/c1-14-13-30(8-9-31(14)24(34)35-3)23-28-21(29-36-23)16-10-17(25)15(2)18(11-16)27-22(33)19-12-26-20-6-4-5-7-32(19)20/h4-7,10-12,14H,8-9,13H2,1-3H3,(H,27,33). The second-order valence-electron chi connectivity index (χ2n) is 8.52. The lowest BCUT2D eigenvalue weighted by atomic mass is 10.1. The number of amides is 2. The Morgan fingerprint density at radius 2 is 2.08 bits per heavy atom. The van der Waals surface area contributed by atoms with Gasteiger partial charge in [0.25, 0.3) is 5.91 Å². The summed E-state index contributed by atoms with van der Waals surface area (Å²) >= 11 is 0. The van der Waals surface area contributed by atoms with Crippen molar-refractivity contribution in [2.45, 2.75) is 19.9 Å². The number of halogens is 1. The van der Waals surface area contributed by atoms with Crippen molar-refractivity contribution in [1.82, 2.24) is 24.4 Å². The van der Waals surface area contributed by atoms with Gasteiger partial charge in [-0.25, -0.2) is 14.2 Å². The number of benzene rings is 1. The number of pyridine rings is 1. The van der Waals surface area contributed by atoms with Crippen molar-refractivity contribution in [2.75, 3.05) is 37.0 Å². The van der Waals surface area contributed by atoms with Crippen molar-refractivity contribution < 1.29 is 23.2 Å². The first-order valence-electron chi connectivity index (χ1n) is 11.3. The molecule has 1 unspecified atom stereocenters. The molecule has 2 amide bonds. The fraction of sp³-hybridized carbons (Fsp3) is 0.292. The molecule has 4 heterocycles. The first kappa shape index (κ1) is 23.3. The quantitative estimate of drug-likeness (QED) is 0.460. The van der Waals surface area contributed by atoms with Crippen molar-refractivity contribution in [3.63, 3.8) is 0 Å². The lowest BCUT2D eigenvalue weighted by molar-refractivity contribution is 0.101. The minimum Gasteiger partial charge on any atom is -0.453 e. The van der Waals surface area contributed by atoms with Crippen LogP contribution in [0.3, 0.4) is 0 Å². The van der Waals surface area contributed by atoms with Crippen LogP contribution >= 0.6 is 0 Å². The highest BCUT2D eigenvalue weighted by atomic mass is 19.1. The summed E-state index contributed by atoms with van der Waals surface area (Å²) in [5.74, 6) is -0.774. The minimum atomic E-state index is -0.521. The number of nitrogens with zero attached hydrogens (tertiary/aromatic N) is 6. The summed E-state index contributed by atoms with van der Waals surface area (Å²) in [4.78, 5) is 37.0. The molecule has 36 heavy (non-hydrogen) atoms. The van der Waals surface area contributed by atoms with E-state index in [2.05, 4.69) is 20.4 Å². The third-order valence-corrected chi connectivity index (χ3v) is 6.22. The van der Waals surface area contributed by atoms with Gasteiger partial charge in [0.2, 0.25) is 5.82 Å². The molecule has 1 N–H and O–H groups in total. The topological polar surface area (TPSA) is 118 Å².